The third kappa shape index (κ3) is 3.13. The van der Waals surface area contributed by atoms with Gasteiger partial charge in [0.2, 0.25) is 5.96 Å². The molecule has 0 radical (unpaired) electrons. The number of hydrogen-bond acceptors (Lipinski definition) is 12. The molecule has 0 aliphatic carbocycles. The number of nitriles is 2. The molecule has 14 nitrogen and oxygen atoms in total. The van der Waals surface area contributed by atoms with Gasteiger partial charge in [-0.3, -0.25) is 25.5 Å². The highest BCUT2D eigenvalue weighted by molar-refractivity contribution is 5.98. The average Bonchev–Trinajstić information content (AvgIpc) is 2.67. The molecule has 14 heteroatoms. The molecule has 144 valence electrons. The molecule has 0 spiro atoms. The maximum Gasteiger partial charge on any atom is 0.346 e. The minimum Gasteiger partial charge on any atom is -0.397 e. The molecule has 1 aromatic carbocycles. The maximum absolute atomic E-state index is 11.3. The van der Waals surface area contributed by atoms with Crippen LogP contribution in [0.1, 0.15) is 22.7 Å². The third-order valence-electron chi connectivity index (χ3n) is 4.07. The Hall–Kier alpha value is -4.98. The molecule has 29 heavy (non-hydrogen) atoms. The molecular formula is C15H10N10O4. The zero-order valence-corrected chi connectivity index (χ0v) is 14.3. The fraction of sp³-hybridized carbons (Fsp3) is 0.0667. The zero-order chi connectivity index (χ0) is 21.3. The van der Waals surface area contributed by atoms with E-state index in [4.69, 9.17) is 16.7 Å². The molecule has 2 aromatic rings. The molecule has 1 atom stereocenters. The van der Waals surface area contributed by atoms with Gasteiger partial charge in [0.05, 0.1) is 15.5 Å². The maximum atomic E-state index is 11.3. The molecule has 2 heterocycles. The number of nitro groups is 2. The van der Waals surface area contributed by atoms with Gasteiger partial charge in [-0.1, -0.05) is 0 Å². The van der Waals surface area contributed by atoms with E-state index in [2.05, 4.69) is 20.6 Å². The number of guanidine groups is 1. The molecule has 1 aliphatic heterocycles. The van der Waals surface area contributed by atoms with Gasteiger partial charge in [-0.25, -0.2) is 9.98 Å². The Morgan fingerprint density at radius 3 is 2.45 bits per heavy atom. The number of nitro benzene ring substituents is 2. The lowest BCUT2D eigenvalue weighted by Crippen LogP contribution is -2.32. The van der Waals surface area contributed by atoms with Gasteiger partial charge in [-0.05, 0) is 11.6 Å². The van der Waals surface area contributed by atoms with E-state index in [0.717, 1.165) is 12.1 Å². The molecule has 1 aromatic heterocycles. The van der Waals surface area contributed by atoms with Gasteiger partial charge in [-0.15, -0.1) is 0 Å². The molecular weight excluding hydrogens is 384 g/mol. The number of fused-ring (bicyclic) bond motifs is 1. The lowest BCUT2D eigenvalue weighted by Gasteiger charge is -2.26. The van der Waals surface area contributed by atoms with Crippen LogP contribution in [0.2, 0.25) is 0 Å². The first-order chi connectivity index (χ1) is 13.8. The average molecular weight is 394 g/mol. The zero-order valence-electron chi connectivity index (χ0n) is 14.3. The number of aliphatic imine (C=N–C) groups is 1. The molecule has 1 aliphatic rings. The first kappa shape index (κ1) is 18.8. The van der Waals surface area contributed by atoms with Crippen molar-refractivity contribution in [3.63, 3.8) is 0 Å². The van der Waals surface area contributed by atoms with Crippen LogP contribution >= 0.6 is 0 Å². The summed E-state index contributed by atoms with van der Waals surface area (Å²) in [6.45, 7) is 0. The summed E-state index contributed by atoms with van der Waals surface area (Å²) >= 11 is 0. The summed E-state index contributed by atoms with van der Waals surface area (Å²) < 4.78 is 0. The van der Waals surface area contributed by atoms with E-state index < -0.39 is 27.3 Å². The Morgan fingerprint density at radius 2 is 1.86 bits per heavy atom. The summed E-state index contributed by atoms with van der Waals surface area (Å²) in [5.41, 5.74) is 10.5. The second kappa shape index (κ2) is 6.97. The highest BCUT2D eigenvalue weighted by Crippen LogP contribution is 2.42. The normalized spacial score (nSPS) is 14.4. The number of nitrogens with zero attached hydrogens (tertiary/aromatic N) is 6. The van der Waals surface area contributed by atoms with Gasteiger partial charge >= 0.3 is 11.4 Å². The molecule has 6 N–H and O–H groups in total. The van der Waals surface area contributed by atoms with Crippen molar-refractivity contribution in [2.24, 2.45) is 4.99 Å². The van der Waals surface area contributed by atoms with E-state index in [9.17, 15) is 25.5 Å². The number of aromatic nitrogens is 1. The van der Waals surface area contributed by atoms with Gasteiger partial charge in [-0.2, -0.15) is 10.5 Å². The molecule has 0 amide bonds. The van der Waals surface area contributed by atoms with Crippen molar-refractivity contribution in [3.05, 3.63) is 55.1 Å². The van der Waals surface area contributed by atoms with Crippen molar-refractivity contribution in [2.45, 2.75) is 6.04 Å². The number of pyridine rings is 1. The standard InChI is InChI=1S/C15H10N10O4/c16-4-7-11(18)10-12(21-15(20-5-17)23-14(10)22-13(7)19)6-1-2-8(24(26)27)9(3-6)25(28)29/h1-3,12H,(H6,18,19,20,21,22,23). The summed E-state index contributed by atoms with van der Waals surface area (Å²) in [4.78, 5) is 28.9. The third-order valence-corrected chi connectivity index (χ3v) is 4.07. The fourth-order valence-corrected chi connectivity index (χ4v) is 2.83. The van der Waals surface area contributed by atoms with Gasteiger partial charge in [0.25, 0.3) is 0 Å². The number of benzene rings is 1. The number of anilines is 3. The Bertz CT molecular complexity index is 1180. The smallest absolute Gasteiger partial charge is 0.346 e. The lowest BCUT2D eigenvalue weighted by atomic mass is 9.94. The first-order valence-corrected chi connectivity index (χ1v) is 7.70. The fourth-order valence-electron chi connectivity index (χ4n) is 2.83. The van der Waals surface area contributed by atoms with Crippen molar-refractivity contribution < 1.29 is 9.85 Å². The first-order valence-electron chi connectivity index (χ1n) is 7.70. The van der Waals surface area contributed by atoms with E-state index in [-0.39, 0.29) is 40.0 Å². The van der Waals surface area contributed by atoms with Crippen LogP contribution < -0.4 is 22.1 Å². The minimum atomic E-state index is -1.05. The monoisotopic (exact) mass is 394 g/mol. The van der Waals surface area contributed by atoms with Gasteiger partial charge in [0.1, 0.15) is 29.3 Å². The van der Waals surface area contributed by atoms with Crippen molar-refractivity contribution in [2.75, 3.05) is 16.8 Å². The van der Waals surface area contributed by atoms with E-state index in [1.807, 2.05) is 6.07 Å². The molecule has 0 saturated carbocycles. The summed E-state index contributed by atoms with van der Waals surface area (Å²) in [5, 5.41) is 45.5. The van der Waals surface area contributed by atoms with Crippen LogP contribution in [0.5, 0.6) is 0 Å². The summed E-state index contributed by atoms with van der Waals surface area (Å²) in [7, 11) is 0. The van der Waals surface area contributed by atoms with Gasteiger partial charge in [0, 0.05) is 17.7 Å². The molecule has 0 fully saturated rings. The Balaban J connectivity index is 2.28. The Kier molecular flexibility index (Phi) is 4.52. The minimum absolute atomic E-state index is 0.0537. The van der Waals surface area contributed by atoms with Gasteiger partial charge in [0.15, 0.2) is 6.19 Å². The predicted octanol–water partition coefficient (Wildman–Crippen LogP) is 0.876. The highest BCUT2D eigenvalue weighted by atomic mass is 16.6. The van der Waals surface area contributed by atoms with Crippen molar-refractivity contribution in [1.29, 1.82) is 10.5 Å². The largest absolute Gasteiger partial charge is 0.397 e. The number of nitrogens with two attached hydrogens (primary N) is 2. The molecule has 1 unspecified atom stereocenters. The van der Waals surface area contributed by atoms with Crippen LogP contribution in [-0.4, -0.2) is 20.8 Å². The SMILES string of the molecule is N#CNC1=NC(c2ccc([N+](=O)[O-])c([N+](=O)[O-])c2)c2c(nc(N)c(C#N)c2N)N1. The van der Waals surface area contributed by atoms with E-state index in [1.165, 1.54) is 6.07 Å². The van der Waals surface area contributed by atoms with Gasteiger partial charge < -0.3 is 16.8 Å². The van der Waals surface area contributed by atoms with E-state index >= 15 is 0 Å². The van der Waals surface area contributed by atoms with Crippen molar-refractivity contribution in [1.82, 2.24) is 10.3 Å². The number of nitrogens with one attached hydrogen (secondary N) is 2. The van der Waals surface area contributed by atoms with Crippen LogP contribution in [0, 0.1) is 43.0 Å². The number of rotatable bonds is 3. The molecule has 3 rings (SSSR count). The highest BCUT2D eigenvalue weighted by Gasteiger charge is 2.32. The number of hydrogen-bond donors (Lipinski definition) is 4. The second-order valence-electron chi connectivity index (χ2n) is 5.66. The van der Waals surface area contributed by atoms with Crippen LogP contribution in [0.25, 0.3) is 0 Å². The predicted molar refractivity (Wildman–Crippen MR) is 99.2 cm³/mol. The second-order valence-corrected chi connectivity index (χ2v) is 5.66. The van der Waals surface area contributed by atoms with Crippen LogP contribution in [0.15, 0.2) is 23.2 Å². The lowest BCUT2D eigenvalue weighted by molar-refractivity contribution is -0.422. The van der Waals surface area contributed by atoms with E-state index in [0.29, 0.717) is 0 Å². The Morgan fingerprint density at radius 1 is 1.17 bits per heavy atom. The van der Waals surface area contributed by atoms with Crippen LogP contribution in [-0.2, 0) is 0 Å². The summed E-state index contributed by atoms with van der Waals surface area (Å²) in [6, 6.07) is 3.98. The summed E-state index contributed by atoms with van der Waals surface area (Å²) in [5.74, 6) is -0.136. The van der Waals surface area contributed by atoms with Crippen molar-refractivity contribution in [3.8, 4) is 12.3 Å². The molecule has 0 saturated heterocycles. The van der Waals surface area contributed by atoms with Crippen LogP contribution in [0.3, 0.4) is 0 Å². The Labute approximate surface area is 161 Å². The summed E-state index contributed by atoms with van der Waals surface area (Å²) in [6.07, 6.45) is 1.66. The quantitative estimate of drug-likeness (QED) is 0.246. The topological polar surface area (TPSA) is 235 Å². The van der Waals surface area contributed by atoms with E-state index in [1.54, 1.807) is 6.19 Å². The molecule has 0 bridgehead atoms. The van der Waals surface area contributed by atoms with Crippen LogP contribution in [0.4, 0.5) is 28.7 Å². The number of nitrogen functional groups attached to an aromatic ring is 2. The van der Waals surface area contributed by atoms with Crippen molar-refractivity contribution >= 4 is 34.7 Å².